The van der Waals surface area contributed by atoms with Gasteiger partial charge in [0.15, 0.2) is 0 Å². The van der Waals surface area contributed by atoms with E-state index in [4.69, 9.17) is 11.6 Å². The molecule has 9 heteroatoms. The molecule has 2 heterocycles. The fourth-order valence-corrected chi connectivity index (χ4v) is 6.14. The number of benzene rings is 3. The first-order chi connectivity index (χ1) is 16.2. The van der Waals surface area contributed by atoms with Crippen molar-refractivity contribution in [1.29, 1.82) is 0 Å². The highest BCUT2D eigenvalue weighted by Gasteiger charge is 2.40. The van der Waals surface area contributed by atoms with Gasteiger partial charge in [-0.1, -0.05) is 48.0 Å². The average molecular weight is 498 g/mol. The predicted molar refractivity (Wildman–Crippen MR) is 130 cm³/mol. The van der Waals surface area contributed by atoms with Crippen molar-refractivity contribution < 1.29 is 18.0 Å². The molecule has 1 saturated heterocycles. The number of nitrogens with zero attached hydrogens (tertiary/aromatic N) is 2. The van der Waals surface area contributed by atoms with Crippen molar-refractivity contribution in [1.82, 2.24) is 14.5 Å². The number of likely N-dealkylation sites (tertiary alicyclic amines) is 1. The van der Waals surface area contributed by atoms with Crippen LogP contribution in [0.2, 0.25) is 5.02 Å². The van der Waals surface area contributed by atoms with Crippen LogP contribution in [0.5, 0.6) is 0 Å². The Morgan fingerprint density at radius 1 is 1.03 bits per heavy atom. The highest BCUT2D eigenvalue weighted by Crippen LogP contribution is 2.26. The molecule has 5 rings (SSSR count). The molecule has 2 amide bonds. The summed E-state index contributed by atoms with van der Waals surface area (Å²) in [5.74, 6) is -0.519. The normalized spacial score (nSPS) is 19.0. The first kappa shape index (κ1) is 22.8. The van der Waals surface area contributed by atoms with E-state index in [2.05, 4.69) is 4.72 Å². The molecule has 1 N–H and O–H groups in total. The van der Waals surface area contributed by atoms with Crippen molar-refractivity contribution in [3.8, 4) is 0 Å². The smallest absolute Gasteiger partial charge is 0.245 e. The van der Waals surface area contributed by atoms with E-state index >= 15 is 0 Å². The van der Waals surface area contributed by atoms with Gasteiger partial charge in [-0.15, -0.1) is 0 Å². The maximum absolute atomic E-state index is 13.1. The van der Waals surface area contributed by atoms with Gasteiger partial charge in [0.2, 0.25) is 21.8 Å². The molecular formula is C25H24ClN3O4S. The molecule has 0 aliphatic carbocycles. The number of sulfonamides is 1. The molecule has 2 aliphatic rings. The Kier molecular flexibility index (Phi) is 5.83. The standard InChI is InChI=1S/C25H24ClN3O4S/c1-16(24(30)28-14-19-4-2-3-5-20(19)15-28)29-11-10-23(25(29)31)27-34(32,33)22-9-7-17-12-21(26)8-6-18(17)13-22/h2-9,12-13,16,23,27H,10-11,14-15H2,1H3/t16-,23?/m0/s1. The molecule has 3 aromatic carbocycles. The van der Waals surface area contributed by atoms with Gasteiger partial charge in [-0.25, -0.2) is 8.42 Å². The summed E-state index contributed by atoms with van der Waals surface area (Å²) < 4.78 is 28.5. The number of halogens is 1. The lowest BCUT2D eigenvalue weighted by atomic mass is 10.1. The SMILES string of the molecule is C[C@@H](C(=O)N1Cc2ccccc2C1)N1CCC(NS(=O)(=O)c2ccc3cc(Cl)ccc3c2)C1=O. The van der Waals surface area contributed by atoms with Crippen LogP contribution in [0.3, 0.4) is 0 Å². The summed E-state index contributed by atoms with van der Waals surface area (Å²) >= 11 is 6.00. The molecule has 2 atom stereocenters. The predicted octanol–water partition coefficient (Wildman–Crippen LogP) is 3.30. The fourth-order valence-electron chi connectivity index (χ4n) is 4.70. The van der Waals surface area contributed by atoms with Crippen LogP contribution in [-0.2, 0) is 32.7 Å². The second-order valence-corrected chi connectivity index (χ2v) is 10.9. The Hall–Kier alpha value is -2.94. The summed E-state index contributed by atoms with van der Waals surface area (Å²) in [7, 11) is -3.93. The molecule has 0 bridgehead atoms. The summed E-state index contributed by atoms with van der Waals surface area (Å²) in [5, 5.41) is 2.13. The van der Waals surface area contributed by atoms with Crippen molar-refractivity contribution in [2.45, 2.75) is 43.4 Å². The number of carbonyl (C=O) groups is 2. The van der Waals surface area contributed by atoms with Gasteiger partial charge >= 0.3 is 0 Å². The van der Waals surface area contributed by atoms with Gasteiger partial charge in [0.1, 0.15) is 12.1 Å². The maximum Gasteiger partial charge on any atom is 0.245 e. The number of nitrogens with one attached hydrogen (secondary N) is 1. The quantitative estimate of drug-likeness (QED) is 0.586. The van der Waals surface area contributed by atoms with Crippen LogP contribution in [0.4, 0.5) is 0 Å². The summed E-state index contributed by atoms with van der Waals surface area (Å²) in [6.45, 7) is 3.06. The third-order valence-corrected chi connectivity index (χ3v) is 8.30. The lowest BCUT2D eigenvalue weighted by Gasteiger charge is -2.28. The minimum atomic E-state index is -3.93. The Morgan fingerprint density at radius 3 is 2.38 bits per heavy atom. The van der Waals surface area contributed by atoms with Crippen LogP contribution < -0.4 is 4.72 Å². The fraction of sp³-hybridized carbons (Fsp3) is 0.280. The van der Waals surface area contributed by atoms with Crippen LogP contribution in [0, 0.1) is 0 Å². The van der Waals surface area contributed by atoms with Crippen LogP contribution in [0.1, 0.15) is 24.5 Å². The van der Waals surface area contributed by atoms with Crippen molar-refractivity contribution >= 4 is 44.2 Å². The number of hydrogen-bond donors (Lipinski definition) is 1. The van der Waals surface area contributed by atoms with E-state index in [0.29, 0.717) is 31.1 Å². The molecular weight excluding hydrogens is 474 g/mol. The number of rotatable bonds is 5. The molecule has 176 valence electrons. The summed E-state index contributed by atoms with van der Waals surface area (Å²) in [6.07, 6.45) is 0.305. The van der Waals surface area contributed by atoms with Gasteiger partial charge in [-0.05, 0) is 59.5 Å². The Labute approximate surface area is 203 Å². The minimum absolute atomic E-state index is 0.0764. The monoisotopic (exact) mass is 497 g/mol. The van der Waals surface area contributed by atoms with Crippen LogP contribution in [0.25, 0.3) is 10.8 Å². The van der Waals surface area contributed by atoms with Crippen LogP contribution >= 0.6 is 11.6 Å². The summed E-state index contributed by atoms with van der Waals surface area (Å²) in [5.41, 5.74) is 2.22. The van der Waals surface area contributed by atoms with E-state index in [1.54, 1.807) is 42.2 Å². The maximum atomic E-state index is 13.1. The van der Waals surface area contributed by atoms with E-state index in [1.165, 1.54) is 11.0 Å². The third kappa shape index (κ3) is 4.17. The van der Waals surface area contributed by atoms with Crippen molar-refractivity contribution in [2.75, 3.05) is 6.54 Å². The lowest BCUT2D eigenvalue weighted by Crippen LogP contribution is -2.49. The van der Waals surface area contributed by atoms with Gasteiger partial charge in [-0.3, -0.25) is 9.59 Å². The minimum Gasteiger partial charge on any atom is -0.332 e. The van der Waals surface area contributed by atoms with Crippen LogP contribution in [-0.4, -0.2) is 48.7 Å². The molecule has 0 spiro atoms. The number of fused-ring (bicyclic) bond motifs is 2. The highest BCUT2D eigenvalue weighted by molar-refractivity contribution is 7.89. The first-order valence-electron chi connectivity index (χ1n) is 11.1. The lowest BCUT2D eigenvalue weighted by molar-refractivity contribution is -0.143. The zero-order valence-electron chi connectivity index (χ0n) is 18.6. The van der Waals surface area contributed by atoms with Crippen molar-refractivity contribution in [2.24, 2.45) is 0 Å². The van der Waals surface area contributed by atoms with Gasteiger partial charge in [0.05, 0.1) is 4.90 Å². The number of carbonyl (C=O) groups excluding carboxylic acids is 2. The Morgan fingerprint density at radius 2 is 1.68 bits per heavy atom. The van der Waals surface area contributed by atoms with Gasteiger partial charge in [0, 0.05) is 24.7 Å². The molecule has 1 fully saturated rings. The molecule has 34 heavy (non-hydrogen) atoms. The van der Waals surface area contributed by atoms with Crippen molar-refractivity contribution in [3.05, 3.63) is 76.8 Å². The molecule has 7 nitrogen and oxygen atoms in total. The van der Waals surface area contributed by atoms with E-state index < -0.39 is 22.1 Å². The zero-order chi connectivity index (χ0) is 24.0. The average Bonchev–Trinajstić information content (AvgIpc) is 3.41. The highest BCUT2D eigenvalue weighted by atomic mass is 35.5. The van der Waals surface area contributed by atoms with E-state index in [-0.39, 0.29) is 16.7 Å². The molecule has 1 unspecified atom stereocenters. The van der Waals surface area contributed by atoms with E-state index in [9.17, 15) is 18.0 Å². The largest absolute Gasteiger partial charge is 0.332 e. The second-order valence-electron chi connectivity index (χ2n) is 8.79. The molecule has 2 aliphatic heterocycles. The molecule has 3 aromatic rings. The van der Waals surface area contributed by atoms with E-state index in [0.717, 1.165) is 21.9 Å². The van der Waals surface area contributed by atoms with Gasteiger partial charge in [-0.2, -0.15) is 4.72 Å². The topological polar surface area (TPSA) is 86.8 Å². The van der Waals surface area contributed by atoms with Crippen molar-refractivity contribution in [3.63, 3.8) is 0 Å². The van der Waals surface area contributed by atoms with Gasteiger partial charge < -0.3 is 9.80 Å². The summed E-state index contributed by atoms with van der Waals surface area (Å²) in [4.78, 5) is 29.4. The zero-order valence-corrected chi connectivity index (χ0v) is 20.1. The molecule has 0 aromatic heterocycles. The summed E-state index contributed by atoms with van der Waals surface area (Å²) in [6, 6.07) is 16.3. The number of hydrogen-bond acceptors (Lipinski definition) is 4. The third-order valence-electron chi connectivity index (χ3n) is 6.60. The number of amides is 2. The first-order valence-corrected chi connectivity index (χ1v) is 13.0. The van der Waals surface area contributed by atoms with Crippen LogP contribution in [0.15, 0.2) is 65.6 Å². The van der Waals surface area contributed by atoms with Gasteiger partial charge in [0.25, 0.3) is 0 Å². The second kappa shape index (κ2) is 8.69. The molecule has 0 saturated carbocycles. The Balaban J connectivity index is 1.27. The Bertz CT molecular complexity index is 1380. The van der Waals surface area contributed by atoms with E-state index in [1.807, 2.05) is 24.3 Å². The molecule has 0 radical (unpaired) electrons.